The van der Waals surface area contributed by atoms with Crippen molar-refractivity contribution >= 4 is 5.91 Å². The highest BCUT2D eigenvalue weighted by molar-refractivity contribution is 5.79. The van der Waals surface area contributed by atoms with Gasteiger partial charge in [-0.05, 0) is 50.5 Å². The van der Waals surface area contributed by atoms with Crippen LogP contribution in [0.3, 0.4) is 0 Å². The Kier molecular flexibility index (Phi) is 6.40. The van der Waals surface area contributed by atoms with E-state index in [2.05, 4.69) is 31.4 Å². The largest absolute Gasteiger partial charge is 0.353 e. The van der Waals surface area contributed by atoms with Crippen LogP contribution in [0.1, 0.15) is 82.7 Å². The van der Waals surface area contributed by atoms with E-state index in [0.29, 0.717) is 23.9 Å². The molecule has 6 rings (SSSR count). The first-order valence-electron chi connectivity index (χ1n) is 12.7. The number of fused-ring (bicyclic) bond motifs is 3. The second-order valence-corrected chi connectivity index (χ2v) is 10.5. The summed E-state index contributed by atoms with van der Waals surface area (Å²) in [6.07, 6.45) is 18.7. The van der Waals surface area contributed by atoms with Crippen molar-refractivity contribution in [1.29, 1.82) is 0 Å². The smallest absolute Gasteiger partial charge is 0.224 e. The Hall–Kier alpha value is -1.43. The molecule has 2 bridgehead atoms. The van der Waals surface area contributed by atoms with E-state index in [9.17, 15) is 4.79 Å². The van der Waals surface area contributed by atoms with Gasteiger partial charge in [0.1, 0.15) is 0 Å². The highest BCUT2D eigenvalue weighted by Crippen LogP contribution is 2.37. The van der Waals surface area contributed by atoms with Crippen molar-refractivity contribution in [2.45, 2.75) is 102 Å². The SMILES string of the molecule is O=C(NC1CCCCC1)[C@H]1CN2CC[C@@H]1C[C@@H]2Cn1cc(CC2CCCCC2)nn1. The Morgan fingerprint density at radius 2 is 1.80 bits per heavy atom. The summed E-state index contributed by atoms with van der Waals surface area (Å²) in [5.74, 6) is 1.86. The topological polar surface area (TPSA) is 63.1 Å². The molecule has 0 aromatic carbocycles. The monoisotopic (exact) mass is 413 g/mol. The molecule has 1 aromatic heterocycles. The summed E-state index contributed by atoms with van der Waals surface area (Å²) in [6.45, 7) is 2.98. The Morgan fingerprint density at radius 3 is 2.53 bits per heavy atom. The molecular formula is C24H39N5O. The number of amides is 1. The van der Waals surface area contributed by atoms with Crippen LogP contribution in [0.4, 0.5) is 0 Å². The summed E-state index contributed by atoms with van der Waals surface area (Å²) < 4.78 is 2.07. The van der Waals surface area contributed by atoms with Crippen LogP contribution in [0.2, 0.25) is 0 Å². The predicted octanol–water partition coefficient (Wildman–Crippen LogP) is 3.56. The van der Waals surface area contributed by atoms with Crippen LogP contribution >= 0.6 is 0 Å². The third-order valence-corrected chi connectivity index (χ3v) is 8.37. The molecule has 4 heterocycles. The van der Waals surface area contributed by atoms with E-state index >= 15 is 0 Å². The summed E-state index contributed by atoms with van der Waals surface area (Å²) in [7, 11) is 0. The molecule has 5 fully saturated rings. The van der Waals surface area contributed by atoms with Gasteiger partial charge in [-0.1, -0.05) is 56.6 Å². The first-order chi connectivity index (χ1) is 14.7. The molecule has 6 heteroatoms. The number of hydrogen-bond donors (Lipinski definition) is 1. The molecule has 30 heavy (non-hydrogen) atoms. The zero-order valence-corrected chi connectivity index (χ0v) is 18.5. The van der Waals surface area contributed by atoms with Crippen LogP contribution < -0.4 is 5.32 Å². The minimum Gasteiger partial charge on any atom is -0.353 e. The van der Waals surface area contributed by atoms with Gasteiger partial charge in [-0.2, -0.15) is 0 Å². The molecule has 0 radical (unpaired) electrons. The van der Waals surface area contributed by atoms with Crippen molar-refractivity contribution in [3.63, 3.8) is 0 Å². The second kappa shape index (κ2) is 9.37. The van der Waals surface area contributed by atoms with Crippen molar-refractivity contribution in [2.24, 2.45) is 17.8 Å². The van der Waals surface area contributed by atoms with Crippen LogP contribution in [0.15, 0.2) is 6.20 Å². The average Bonchev–Trinajstić information content (AvgIpc) is 3.22. The zero-order valence-electron chi connectivity index (χ0n) is 18.5. The van der Waals surface area contributed by atoms with Gasteiger partial charge in [-0.15, -0.1) is 5.10 Å². The fraction of sp³-hybridized carbons (Fsp3) is 0.875. The van der Waals surface area contributed by atoms with E-state index < -0.39 is 0 Å². The first kappa shape index (κ1) is 20.5. The van der Waals surface area contributed by atoms with Gasteiger partial charge < -0.3 is 5.32 Å². The van der Waals surface area contributed by atoms with Gasteiger partial charge >= 0.3 is 0 Å². The number of carbonyl (C=O) groups is 1. The van der Waals surface area contributed by atoms with E-state index in [1.807, 2.05) is 0 Å². The molecule has 3 saturated heterocycles. The van der Waals surface area contributed by atoms with Crippen LogP contribution in [-0.2, 0) is 17.8 Å². The van der Waals surface area contributed by atoms with Crippen LogP contribution in [0, 0.1) is 17.8 Å². The van der Waals surface area contributed by atoms with E-state index in [1.54, 1.807) is 0 Å². The second-order valence-electron chi connectivity index (χ2n) is 10.5. The number of carbonyl (C=O) groups excluding carboxylic acids is 1. The van der Waals surface area contributed by atoms with Gasteiger partial charge in [0, 0.05) is 24.8 Å². The van der Waals surface area contributed by atoms with Gasteiger partial charge in [0.05, 0.1) is 18.2 Å². The lowest BCUT2D eigenvalue weighted by Crippen LogP contribution is -2.58. The molecule has 5 aliphatic rings. The maximum Gasteiger partial charge on any atom is 0.224 e. The molecule has 6 nitrogen and oxygen atoms in total. The Morgan fingerprint density at radius 1 is 1.03 bits per heavy atom. The van der Waals surface area contributed by atoms with Gasteiger partial charge in [-0.3, -0.25) is 14.4 Å². The lowest BCUT2D eigenvalue weighted by molar-refractivity contribution is -0.134. The maximum atomic E-state index is 12.9. The van der Waals surface area contributed by atoms with Crippen LogP contribution in [0.5, 0.6) is 0 Å². The number of nitrogens with zero attached hydrogens (tertiary/aromatic N) is 4. The summed E-state index contributed by atoms with van der Waals surface area (Å²) in [4.78, 5) is 15.5. The van der Waals surface area contributed by atoms with E-state index in [1.165, 1.54) is 76.3 Å². The van der Waals surface area contributed by atoms with Gasteiger partial charge in [0.15, 0.2) is 0 Å². The molecule has 1 amide bonds. The zero-order chi connectivity index (χ0) is 20.3. The number of rotatable bonds is 6. The number of nitrogens with one attached hydrogen (secondary N) is 1. The van der Waals surface area contributed by atoms with Gasteiger partial charge in [0.2, 0.25) is 5.91 Å². The Labute approximate surface area is 181 Å². The standard InChI is InChI=1S/C24H39N5O/c30-24(25-20-9-5-2-6-10-20)23-17-28-12-11-19(23)14-22(28)16-29-15-21(26-27-29)13-18-7-3-1-4-8-18/h15,18-20,22-23H,1-14,16-17H2,(H,25,30)/t19-,22-,23+/m1/s1. The molecular weight excluding hydrogens is 374 g/mol. The lowest BCUT2D eigenvalue weighted by atomic mass is 9.75. The van der Waals surface area contributed by atoms with Gasteiger partial charge in [-0.25, -0.2) is 0 Å². The minimum absolute atomic E-state index is 0.189. The molecule has 1 N–H and O–H groups in total. The molecule has 1 unspecified atom stereocenters. The molecule has 0 spiro atoms. The third-order valence-electron chi connectivity index (χ3n) is 8.37. The molecule has 1 aromatic rings. The van der Waals surface area contributed by atoms with E-state index in [-0.39, 0.29) is 5.92 Å². The average molecular weight is 414 g/mol. The summed E-state index contributed by atoms with van der Waals surface area (Å²) in [5.41, 5.74) is 1.17. The Balaban J connectivity index is 1.13. The fourth-order valence-electron chi connectivity index (χ4n) is 6.60. The highest BCUT2D eigenvalue weighted by atomic mass is 16.2. The first-order valence-corrected chi connectivity index (χ1v) is 12.7. The van der Waals surface area contributed by atoms with Crippen molar-refractivity contribution in [3.05, 3.63) is 11.9 Å². The molecule has 3 aliphatic heterocycles. The normalized spacial score (nSPS) is 32.9. The highest BCUT2D eigenvalue weighted by Gasteiger charge is 2.43. The van der Waals surface area contributed by atoms with Crippen molar-refractivity contribution in [2.75, 3.05) is 13.1 Å². The van der Waals surface area contributed by atoms with Crippen molar-refractivity contribution < 1.29 is 4.79 Å². The number of piperidine rings is 3. The fourth-order valence-corrected chi connectivity index (χ4v) is 6.60. The predicted molar refractivity (Wildman–Crippen MR) is 117 cm³/mol. The molecule has 4 atom stereocenters. The minimum atomic E-state index is 0.189. The third kappa shape index (κ3) is 4.74. The van der Waals surface area contributed by atoms with Crippen LogP contribution in [-0.4, -0.2) is 51.0 Å². The molecule has 2 saturated carbocycles. The Bertz CT molecular complexity index is 706. The van der Waals surface area contributed by atoms with Crippen LogP contribution in [0.25, 0.3) is 0 Å². The summed E-state index contributed by atoms with van der Waals surface area (Å²) in [6, 6.07) is 0.932. The van der Waals surface area contributed by atoms with Crippen molar-refractivity contribution in [1.82, 2.24) is 25.2 Å². The number of aromatic nitrogens is 3. The van der Waals surface area contributed by atoms with E-state index in [4.69, 9.17) is 0 Å². The van der Waals surface area contributed by atoms with Gasteiger partial charge in [0.25, 0.3) is 0 Å². The molecule has 2 aliphatic carbocycles. The summed E-state index contributed by atoms with van der Waals surface area (Å²) >= 11 is 0. The lowest BCUT2D eigenvalue weighted by Gasteiger charge is -2.49. The quantitative estimate of drug-likeness (QED) is 0.775. The summed E-state index contributed by atoms with van der Waals surface area (Å²) in [5, 5.41) is 12.3. The van der Waals surface area contributed by atoms with Crippen molar-refractivity contribution in [3.8, 4) is 0 Å². The van der Waals surface area contributed by atoms with E-state index in [0.717, 1.165) is 38.4 Å². The maximum absolute atomic E-state index is 12.9. The molecule has 166 valence electrons. The number of hydrogen-bond acceptors (Lipinski definition) is 4.